The molecule has 164 valence electrons. The minimum atomic E-state index is -3.64. The van der Waals surface area contributed by atoms with Gasteiger partial charge in [-0.3, -0.25) is 9.10 Å². The van der Waals surface area contributed by atoms with Crippen LogP contribution < -0.4 is 9.62 Å². The molecule has 0 saturated heterocycles. The topological polar surface area (TPSA) is 66.5 Å². The monoisotopic (exact) mass is 488 g/mol. The second kappa shape index (κ2) is 10.8. The highest BCUT2D eigenvalue weighted by Crippen LogP contribution is 2.28. The molecular weight excluding hydrogens is 463 g/mol. The van der Waals surface area contributed by atoms with Gasteiger partial charge >= 0.3 is 0 Å². The van der Waals surface area contributed by atoms with E-state index in [0.717, 1.165) is 22.9 Å². The van der Waals surface area contributed by atoms with E-state index in [-0.39, 0.29) is 5.91 Å². The molecule has 0 aliphatic carbocycles. The predicted molar refractivity (Wildman–Crippen MR) is 128 cm³/mol. The van der Waals surface area contributed by atoms with E-state index in [0.29, 0.717) is 33.8 Å². The van der Waals surface area contributed by atoms with Crippen molar-refractivity contribution in [1.82, 2.24) is 5.32 Å². The Labute approximate surface area is 193 Å². The number of nitrogens with one attached hydrogen (secondary N) is 1. The number of aryl methyl sites for hydroxylation is 2. The quantitative estimate of drug-likeness (QED) is 0.514. The van der Waals surface area contributed by atoms with Crippen molar-refractivity contribution >= 4 is 56.6 Å². The first-order valence-corrected chi connectivity index (χ1v) is 13.1. The molecule has 0 radical (unpaired) electrons. The first-order valence-electron chi connectivity index (χ1n) is 9.37. The van der Waals surface area contributed by atoms with Crippen LogP contribution >= 0.6 is 35.0 Å². The molecule has 0 aromatic heterocycles. The maximum Gasteiger partial charge on any atom is 0.243 e. The Hall–Kier alpha value is -1.41. The highest BCUT2D eigenvalue weighted by Gasteiger charge is 2.30. The summed E-state index contributed by atoms with van der Waals surface area (Å²) in [7, 11) is -3.64. The lowest BCUT2D eigenvalue weighted by atomic mass is 10.1. The summed E-state index contributed by atoms with van der Waals surface area (Å²) in [6.45, 7) is 5.71. The van der Waals surface area contributed by atoms with Crippen molar-refractivity contribution in [3.8, 4) is 0 Å². The highest BCUT2D eigenvalue weighted by atomic mass is 35.5. The molecule has 1 N–H and O–H groups in total. The summed E-state index contributed by atoms with van der Waals surface area (Å²) in [4.78, 5) is 12.7. The molecule has 5 nitrogen and oxygen atoms in total. The summed E-state index contributed by atoms with van der Waals surface area (Å²) in [5.41, 5.74) is 3.09. The Balaban J connectivity index is 1.98. The molecule has 0 unspecified atom stereocenters. The Bertz CT molecular complexity index is 993. The fraction of sp³-hybridized carbons (Fsp3) is 0.381. The predicted octanol–water partition coefficient (Wildman–Crippen LogP) is 4.81. The molecule has 1 atom stereocenters. The molecule has 0 heterocycles. The summed E-state index contributed by atoms with van der Waals surface area (Å²) in [5.74, 6) is 0.919. The van der Waals surface area contributed by atoms with Crippen molar-refractivity contribution < 1.29 is 13.2 Å². The average Bonchev–Trinajstić information content (AvgIpc) is 2.65. The zero-order valence-corrected chi connectivity index (χ0v) is 20.6. The van der Waals surface area contributed by atoms with Crippen LogP contribution in [0.3, 0.4) is 0 Å². The molecule has 0 spiro atoms. The Morgan fingerprint density at radius 2 is 1.80 bits per heavy atom. The Morgan fingerprint density at radius 3 is 2.40 bits per heavy atom. The molecule has 0 saturated carbocycles. The van der Waals surface area contributed by atoms with E-state index >= 15 is 0 Å². The second-order valence-electron chi connectivity index (χ2n) is 7.07. The summed E-state index contributed by atoms with van der Waals surface area (Å²) >= 11 is 13.9. The molecule has 2 aromatic rings. The van der Waals surface area contributed by atoms with Crippen LogP contribution in [-0.2, 0) is 20.6 Å². The van der Waals surface area contributed by atoms with Crippen LogP contribution in [0.1, 0.15) is 23.6 Å². The average molecular weight is 489 g/mol. The maximum absolute atomic E-state index is 12.7. The van der Waals surface area contributed by atoms with Gasteiger partial charge in [-0.25, -0.2) is 8.42 Å². The van der Waals surface area contributed by atoms with Gasteiger partial charge in [0.15, 0.2) is 0 Å². The maximum atomic E-state index is 12.7. The van der Waals surface area contributed by atoms with Crippen molar-refractivity contribution in [2.45, 2.75) is 32.6 Å². The van der Waals surface area contributed by atoms with E-state index in [1.807, 2.05) is 26.0 Å². The molecule has 0 bridgehead atoms. The van der Waals surface area contributed by atoms with Crippen LogP contribution in [0.4, 0.5) is 5.69 Å². The molecular formula is C21H26Cl2N2O3S2. The van der Waals surface area contributed by atoms with Crippen molar-refractivity contribution in [3.63, 3.8) is 0 Å². The van der Waals surface area contributed by atoms with Gasteiger partial charge < -0.3 is 5.32 Å². The van der Waals surface area contributed by atoms with Crippen LogP contribution in [0.15, 0.2) is 36.4 Å². The number of sulfonamides is 1. The van der Waals surface area contributed by atoms with Gasteiger partial charge in [-0.05, 0) is 55.7 Å². The lowest BCUT2D eigenvalue weighted by Gasteiger charge is -2.29. The van der Waals surface area contributed by atoms with E-state index < -0.39 is 16.1 Å². The number of hydrogen-bond donors (Lipinski definition) is 1. The third-order valence-electron chi connectivity index (χ3n) is 4.54. The molecule has 0 aliphatic rings. The van der Waals surface area contributed by atoms with E-state index in [9.17, 15) is 13.2 Å². The Kier molecular flexibility index (Phi) is 8.91. The first kappa shape index (κ1) is 24.9. The van der Waals surface area contributed by atoms with Crippen LogP contribution in [0, 0.1) is 13.8 Å². The number of anilines is 1. The zero-order valence-electron chi connectivity index (χ0n) is 17.4. The zero-order chi connectivity index (χ0) is 22.5. The van der Waals surface area contributed by atoms with Crippen LogP contribution in [0.25, 0.3) is 0 Å². The highest BCUT2D eigenvalue weighted by molar-refractivity contribution is 7.98. The normalized spacial score (nSPS) is 12.5. The first-order chi connectivity index (χ1) is 14.0. The van der Waals surface area contributed by atoms with Gasteiger partial charge in [0.1, 0.15) is 6.04 Å². The van der Waals surface area contributed by atoms with Gasteiger partial charge in [0.2, 0.25) is 15.9 Å². The summed E-state index contributed by atoms with van der Waals surface area (Å²) in [5, 5.41) is 4.05. The van der Waals surface area contributed by atoms with Crippen molar-refractivity contribution in [2.24, 2.45) is 0 Å². The molecule has 0 aliphatic heterocycles. The van der Waals surface area contributed by atoms with Gasteiger partial charge in [0, 0.05) is 28.1 Å². The number of hydrogen-bond acceptors (Lipinski definition) is 4. The SMILES string of the molecule is Cc1ccc(C)c(N([C@@H](C)C(=O)NCCSCc2c(Cl)cccc2Cl)S(C)(=O)=O)c1. The number of benzene rings is 2. The molecule has 2 rings (SSSR count). The fourth-order valence-corrected chi connectivity index (χ4v) is 5.80. The number of carbonyl (C=O) groups excluding carboxylic acids is 1. The van der Waals surface area contributed by atoms with E-state index in [4.69, 9.17) is 23.2 Å². The van der Waals surface area contributed by atoms with Crippen molar-refractivity contribution in [2.75, 3.05) is 22.9 Å². The molecule has 0 fully saturated rings. The van der Waals surface area contributed by atoms with E-state index in [1.54, 1.807) is 43.0 Å². The minimum Gasteiger partial charge on any atom is -0.353 e. The van der Waals surface area contributed by atoms with E-state index in [2.05, 4.69) is 5.32 Å². The molecule has 9 heteroatoms. The van der Waals surface area contributed by atoms with Gasteiger partial charge in [-0.15, -0.1) is 0 Å². The van der Waals surface area contributed by atoms with Gasteiger partial charge in [0.25, 0.3) is 0 Å². The van der Waals surface area contributed by atoms with E-state index in [1.165, 1.54) is 4.31 Å². The second-order valence-corrected chi connectivity index (χ2v) is 10.8. The van der Waals surface area contributed by atoms with Crippen LogP contribution in [-0.4, -0.2) is 38.9 Å². The van der Waals surface area contributed by atoms with Crippen molar-refractivity contribution in [1.29, 1.82) is 0 Å². The summed E-state index contributed by atoms with van der Waals surface area (Å²) < 4.78 is 26.1. The van der Waals surface area contributed by atoms with Gasteiger partial charge in [0.05, 0.1) is 11.9 Å². The fourth-order valence-electron chi connectivity index (χ4n) is 2.98. The number of carbonyl (C=O) groups is 1. The number of amides is 1. The number of thioether (sulfide) groups is 1. The molecule has 2 aromatic carbocycles. The third kappa shape index (κ3) is 6.54. The standard InChI is InChI=1S/C21H26Cl2N2O3S2/c1-14-8-9-15(2)20(12-14)25(30(4,27)28)16(3)21(26)24-10-11-29-13-17-18(22)6-5-7-19(17)23/h5-9,12,16H,10-11,13H2,1-4H3,(H,24,26)/t16-/m0/s1. The lowest BCUT2D eigenvalue weighted by Crippen LogP contribution is -2.48. The summed E-state index contributed by atoms with van der Waals surface area (Å²) in [6.07, 6.45) is 1.11. The smallest absolute Gasteiger partial charge is 0.243 e. The number of nitrogens with zero attached hydrogens (tertiary/aromatic N) is 1. The van der Waals surface area contributed by atoms with Gasteiger partial charge in [-0.1, -0.05) is 41.4 Å². The van der Waals surface area contributed by atoms with Crippen molar-refractivity contribution in [3.05, 3.63) is 63.1 Å². The van der Waals surface area contributed by atoms with Crippen LogP contribution in [0.2, 0.25) is 10.0 Å². The number of halogens is 2. The summed E-state index contributed by atoms with van der Waals surface area (Å²) in [6, 6.07) is 10.0. The molecule has 1 amide bonds. The van der Waals surface area contributed by atoms with Crippen LogP contribution in [0.5, 0.6) is 0 Å². The van der Waals surface area contributed by atoms with Gasteiger partial charge in [-0.2, -0.15) is 11.8 Å². The lowest BCUT2D eigenvalue weighted by molar-refractivity contribution is -0.121. The molecule has 30 heavy (non-hydrogen) atoms. The largest absolute Gasteiger partial charge is 0.353 e. The Morgan fingerprint density at radius 1 is 1.17 bits per heavy atom. The minimum absolute atomic E-state index is 0.349. The number of rotatable bonds is 9. The third-order valence-corrected chi connectivity index (χ3v) is 7.47.